The van der Waals surface area contributed by atoms with Crippen molar-refractivity contribution in [1.29, 1.82) is 0 Å². The first-order valence-electron chi connectivity index (χ1n) is 4.54. The number of hydrogen-bond acceptors (Lipinski definition) is 4. The van der Waals surface area contributed by atoms with Crippen LogP contribution in [0.5, 0.6) is 0 Å². The van der Waals surface area contributed by atoms with Gasteiger partial charge in [0.15, 0.2) is 5.82 Å². The summed E-state index contributed by atoms with van der Waals surface area (Å²) < 4.78 is 0. The highest BCUT2D eigenvalue weighted by atomic mass is 35.5. The molecule has 2 aromatic rings. The van der Waals surface area contributed by atoms with Gasteiger partial charge in [-0.05, 0) is 12.1 Å². The maximum Gasteiger partial charge on any atom is 0.179 e. The van der Waals surface area contributed by atoms with E-state index >= 15 is 0 Å². The lowest BCUT2D eigenvalue weighted by atomic mass is 10.3. The fraction of sp³-hybridized carbons (Fsp3) is 0.100. The minimum absolute atomic E-state index is 0.348. The molecule has 2 N–H and O–H groups in total. The Bertz CT molecular complexity index is 516. The lowest BCUT2D eigenvalue weighted by Gasteiger charge is -2.03. The first-order chi connectivity index (χ1) is 7.70. The van der Waals surface area contributed by atoms with Gasteiger partial charge in [-0.1, -0.05) is 23.2 Å². The van der Waals surface area contributed by atoms with Crippen molar-refractivity contribution in [2.45, 2.75) is 6.54 Å². The number of hydrogen-bond donors (Lipinski definition) is 1. The van der Waals surface area contributed by atoms with E-state index in [1.54, 1.807) is 18.3 Å². The SMILES string of the molecule is NCc1ccnc(-c2ncc(Cl)cc2Cl)n1. The molecule has 82 valence electrons. The minimum atomic E-state index is 0.348. The van der Waals surface area contributed by atoms with E-state index in [2.05, 4.69) is 15.0 Å². The van der Waals surface area contributed by atoms with Gasteiger partial charge in [0.25, 0.3) is 0 Å². The Hall–Kier alpha value is -1.23. The Labute approximate surface area is 102 Å². The average Bonchev–Trinajstić information content (AvgIpc) is 2.29. The van der Waals surface area contributed by atoms with Gasteiger partial charge in [-0.25, -0.2) is 15.0 Å². The van der Waals surface area contributed by atoms with Crippen LogP contribution >= 0.6 is 23.2 Å². The molecule has 2 rings (SSSR count). The molecule has 0 aliphatic heterocycles. The number of pyridine rings is 1. The van der Waals surface area contributed by atoms with E-state index in [1.165, 1.54) is 6.20 Å². The molecule has 0 spiro atoms. The topological polar surface area (TPSA) is 64.7 Å². The van der Waals surface area contributed by atoms with Crippen LogP contribution in [0.1, 0.15) is 5.69 Å². The molecule has 6 heteroatoms. The van der Waals surface area contributed by atoms with Crippen LogP contribution in [0, 0.1) is 0 Å². The number of rotatable bonds is 2. The molecule has 0 saturated heterocycles. The third-order valence-electron chi connectivity index (χ3n) is 1.94. The monoisotopic (exact) mass is 254 g/mol. The highest BCUT2D eigenvalue weighted by Gasteiger charge is 2.09. The summed E-state index contributed by atoms with van der Waals surface area (Å²) in [6.07, 6.45) is 3.12. The van der Waals surface area contributed by atoms with Crippen molar-refractivity contribution in [2.75, 3.05) is 0 Å². The molecule has 0 unspecified atom stereocenters. The zero-order valence-corrected chi connectivity index (χ0v) is 9.70. The second-order valence-corrected chi connectivity index (χ2v) is 3.90. The van der Waals surface area contributed by atoms with Gasteiger partial charge < -0.3 is 5.73 Å². The summed E-state index contributed by atoms with van der Waals surface area (Å²) in [5.74, 6) is 0.449. The highest BCUT2D eigenvalue weighted by Crippen LogP contribution is 2.25. The maximum absolute atomic E-state index is 6.00. The molecular weight excluding hydrogens is 247 g/mol. The maximum atomic E-state index is 6.00. The van der Waals surface area contributed by atoms with Crippen LogP contribution in [0.25, 0.3) is 11.5 Å². The summed E-state index contributed by atoms with van der Waals surface area (Å²) in [7, 11) is 0. The van der Waals surface area contributed by atoms with E-state index in [9.17, 15) is 0 Å². The van der Waals surface area contributed by atoms with Crippen LogP contribution < -0.4 is 5.73 Å². The summed E-state index contributed by atoms with van der Waals surface area (Å²) >= 11 is 11.8. The van der Waals surface area contributed by atoms with Crippen LogP contribution in [0.15, 0.2) is 24.5 Å². The fourth-order valence-corrected chi connectivity index (χ4v) is 1.67. The van der Waals surface area contributed by atoms with Crippen molar-refractivity contribution in [3.05, 3.63) is 40.3 Å². The van der Waals surface area contributed by atoms with Crippen LogP contribution in [0.2, 0.25) is 10.0 Å². The molecule has 4 nitrogen and oxygen atoms in total. The lowest BCUT2D eigenvalue weighted by molar-refractivity contribution is 0.965. The molecule has 0 aliphatic rings. The van der Waals surface area contributed by atoms with Gasteiger partial charge in [-0.2, -0.15) is 0 Å². The second-order valence-electron chi connectivity index (χ2n) is 3.06. The number of nitrogens with two attached hydrogens (primary N) is 1. The molecule has 16 heavy (non-hydrogen) atoms. The highest BCUT2D eigenvalue weighted by molar-refractivity contribution is 6.35. The molecule has 0 aromatic carbocycles. The van der Waals surface area contributed by atoms with Crippen LogP contribution in [-0.4, -0.2) is 15.0 Å². The molecule has 0 fully saturated rings. The second kappa shape index (κ2) is 4.74. The number of nitrogens with zero attached hydrogens (tertiary/aromatic N) is 3. The van der Waals surface area contributed by atoms with Gasteiger partial charge in [-0.3, -0.25) is 0 Å². The normalized spacial score (nSPS) is 10.4. The number of aromatic nitrogens is 3. The molecule has 2 heterocycles. The van der Waals surface area contributed by atoms with E-state index in [4.69, 9.17) is 28.9 Å². The quantitative estimate of drug-likeness (QED) is 0.894. The van der Waals surface area contributed by atoms with E-state index in [-0.39, 0.29) is 0 Å². The number of halogens is 2. The van der Waals surface area contributed by atoms with Crippen molar-refractivity contribution in [3.63, 3.8) is 0 Å². The zero-order valence-electron chi connectivity index (χ0n) is 8.19. The van der Waals surface area contributed by atoms with Crippen molar-refractivity contribution in [1.82, 2.24) is 15.0 Å². The van der Waals surface area contributed by atoms with Gasteiger partial charge in [0.1, 0.15) is 5.69 Å². The van der Waals surface area contributed by atoms with E-state index < -0.39 is 0 Å². The molecule has 0 saturated carbocycles. The van der Waals surface area contributed by atoms with E-state index in [0.29, 0.717) is 28.1 Å². The molecule has 0 amide bonds. The molecule has 0 radical (unpaired) electrons. The molecule has 0 atom stereocenters. The first kappa shape index (κ1) is 11.3. The Balaban J connectivity index is 2.49. The Morgan fingerprint density at radius 3 is 2.75 bits per heavy atom. The smallest absolute Gasteiger partial charge is 0.179 e. The molecule has 2 aromatic heterocycles. The lowest BCUT2D eigenvalue weighted by Crippen LogP contribution is -2.02. The van der Waals surface area contributed by atoms with Crippen molar-refractivity contribution >= 4 is 23.2 Å². The predicted molar refractivity (Wildman–Crippen MR) is 63.2 cm³/mol. The predicted octanol–water partition coefficient (Wildman–Crippen LogP) is 2.30. The van der Waals surface area contributed by atoms with Crippen LogP contribution in [0.4, 0.5) is 0 Å². The zero-order chi connectivity index (χ0) is 11.5. The molecule has 0 bridgehead atoms. The minimum Gasteiger partial charge on any atom is -0.325 e. The summed E-state index contributed by atoms with van der Waals surface area (Å²) in [4.78, 5) is 12.4. The summed E-state index contributed by atoms with van der Waals surface area (Å²) in [6.45, 7) is 0.348. The summed E-state index contributed by atoms with van der Waals surface area (Å²) in [5.41, 5.74) is 6.73. The van der Waals surface area contributed by atoms with Gasteiger partial charge in [0, 0.05) is 18.9 Å². The Morgan fingerprint density at radius 2 is 2.06 bits per heavy atom. The summed E-state index contributed by atoms with van der Waals surface area (Å²) in [6, 6.07) is 3.34. The third kappa shape index (κ3) is 2.29. The van der Waals surface area contributed by atoms with Gasteiger partial charge >= 0.3 is 0 Å². The van der Waals surface area contributed by atoms with Gasteiger partial charge in [0.2, 0.25) is 0 Å². The largest absolute Gasteiger partial charge is 0.325 e. The Morgan fingerprint density at radius 1 is 1.25 bits per heavy atom. The van der Waals surface area contributed by atoms with E-state index in [0.717, 1.165) is 5.69 Å². The van der Waals surface area contributed by atoms with Crippen molar-refractivity contribution in [2.24, 2.45) is 5.73 Å². The summed E-state index contributed by atoms with van der Waals surface area (Å²) in [5, 5.41) is 0.894. The third-order valence-corrected chi connectivity index (χ3v) is 2.44. The standard InChI is InChI=1S/C10H8Cl2N4/c11-6-3-8(12)9(15-5-6)10-14-2-1-7(4-13)16-10/h1-3,5H,4,13H2. The van der Waals surface area contributed by atoms with Gasteiger partial charge in [0.05, 0.1) is 15.7 Å². The Kier molecular flexibility index (Phi) is 3.33. The van der Waals surface area contributed by atoms with Crippen LogP contribution in [-0.2, 0) is 6.54 Å². The average molecular weight is 255 g/mol. The van der Waals surface area contributed by atoms with Crippen molar-refractivity contribution in [3.8, 4) is 11.5 Å². The fourth-order valence-electron chi connectivity index (χ4n) is 1.20. The van der Waals surface area contributed by atoms with E-state index in [1.807, 2.05) is 0 Å². The molecule has 0 aliphatic carbocycles. The molecular formula is C10H8Cl2N4. The first-order valence-corrected chi connectivity index (χ1v) is 5.29. The van der Waals surface area contributed by atoms with Crippen molar-refractivity contribution < 1.29 is 0 Å². The van der Waals surface area contributed by atoms with Gasteiger partial charge in [-0.15, -0.1) is 0 Å². The van der Waals surface area contributed by atoms with Crippen LogP contribution in [0.3, 0.4) is 0 Å².